The van der Waals surface area contributed by atoms with Gasteiger partial charge in [-0.25, -0.2) is 0 Å². The average molecular weight is 398 g/mol. The number of hydrogen-bond donors (Lipinski definition) is 1. The number of unbranched alkanes of at least 4 members (excludes halogenated alkanes) is 10. The molecule has 0 aliphatic carbocycles. The Morgan fingerprint density at radius 1 is 0.759 bits per heavy atom. The second-order valence-electron chi connectivity index (χ2n) is 8.85. The molecule has 0 saturated heterocycles. The molecule has 0 saturated carbocycles. The summed E-state index contributed by atoms with van der Waals surface area (Å²) in [5.41, 5.74) is 3.35. The predicted molar refractivity (Wildman–Crippen MR) is 128 cm³/mol. The first kappa shape index (κ1) is 23.7. The number of hydrogen-bond acceptors (Lipinski definition) is 1. The molecule has 0 fully saturated rings. The van der Waals surface area contributed by atoms with Gasteiger partial charge < -0.3 is 4.98 Å². The molecule has 1 aromatic heterocycles. The van der Waals surface area contributed by atoms with E-state index >= 15 is 0 Å². The highest BCUT2D eigenvalue weighted by Crippen LogP contribution is 2.30. The van der Waals surface area contributed by atoms with Crippen molar-refractivity contribution in [2.75, 3.05) is 0 Å². The molecule has 0 radical (unpaired) electrons. The first-order chi connectivity index (χ1) is 14.2. The topological polar surface area (TPSA) is 32.9 Å². The molecule has 0 unspecified atom stereocenters. The normalized spacial score (nSPS) is 11.6. The molecule has 29 heavy (non-hydrogen) atoms. The van der Waals surface area contributed by atoms with E-state index < -0.39 is 0 Å². The van der Waals surface area contributed by atoms with Gasteiger partial charge in [-0.2, -0.15) is 0 Å². The van der Waals surface area contributed by atoms with Crippen LogP contribution in [0.4, 0.5) is 0 Å². The SMILES string of the molecule is CCCCCCCCC(CCCCCCCC)c1[nH]c2ccccc2c(=O)c1C. The number of aromatic nitrogens is 1. The van der Waals surface area contributed by atoms with Crippen LogP contribution >= 0.6 is 0 Å². The highest BCUT2D eigenvalue weighted by atomic mass is 16.1. The number of para-hydroxylation sites is 1. The number of benzene rings is 1. The largest absolute Gasteiger partial charge is 0.358 e. The van der Waals surface area contributed by atoms with Crippen LogP contribution in [-0.4, -0.2) is 4.98 Å². The van der Waals surface area contributed by atoms with Gasteiger partial charge >= 0.3 is 0 Å². The number of pyridine rings is 1. The lowest BCUT2D eigenvalue weighted by molar-refractivity contribution is 0.479. The number of aromatic amines is 1. The minimum atomic E-state index is 0.213. The third-order valence-electron chi connectivity index (χ3n) is 6.41. The van der Waals surface area contributed by atoms with Crippen LogP contribution in [0.3, 0.4) is 0 Å². The summed E-state index contributed by atoms with van der Waals surface area (Å²) in [5, 5.41) is 0.826. The van der Waals surface area contributed by atoms with E-state index in [1.54, 1.807) is 0 Å². The first-order valence-electron chi connectivity index (χ1n) is 12.3. The molecule has 0 bridgehead atoms. The lowest BCUT2D eigenvalue weighted by Crippen LogP contribution is -2.15. The van der Waals surface area contributed by atoms with Crippen LogP contribution in [0.25, 0.3) is 10.9 Å². The van der Waals surface area contributed by atoms with Crippen molar-refractivity contribution < 1.29 is 0 Å². The fourth-order valence-corrected chi connectivity index (χ4v) is 4.54. The van der Waals surface area contributed by atoms with Gasteiger partial charge in [-0.3, -0.25) is 4.79 Å². The zero-order chi connectivity index (χ0) is 20.9. The van der Waals surface area contributed by atoms with Crippen molar-refractivity contribution in [3.8, 4) is 0 Å². The van der Waals surface area contributed by atoms with Gasteiger partial charge in [0.2, 0.25) is 0 Å². The number of H-pyrrole nitrogens is 1. The molecular weight excluding hydrogens is 354 g/mol. The van der Waals surface area contributed by atoms with E-state index in [0.717, 1.165) is 16.5 Å². The molecule has 1 N–H and O–H groups in total. The molecule has 2 aromatic rings. The second kappa shape index (κ2) is 13.6. The summed E-state index contributed by atoms with van der Waals surface area (Å²) < 4.78 is 0. The minimum absolute atomic E-state index is 0.213. The monoisotopic (exact) mass is 397 g/mol. The second-order valence-corrected chi connectivity index (χ2v) is 8.85. The Balaban J connectivity index is 2.06. The minimum Gasteiger partial charge on any atom is -0.358 e. The molecule has 2 nitrogen and oxygen atoms in total. The van der Waals surface area contributed by atoms with Gasteiger partial charge in [-0.05, 0) is 37.8 Å². The molecule has 0 atom stereocenters. The molecule has 0 aliphatic heterocycles. The van der Waals surface area contributed by atoms with Crippen LogP contribution in [0.15, 0.2) is 29.1 Å². The summed E-state index contributed by atoms with van der Waals surface area (Å²) >= 11 is 0. The molecule has 0 aliphatic rings. The Hall–Kier alpha value is -1.57. The summed E-state index contributed by atoms with van der Waals surface area (Å²) in [7, 11) is 0. The van der Waals surface area contributed by atoms with E-state index in [0.29, 0.717) is 5.92 Å². The molecule has 1 aromatic carbocycles. The fraction of sp³-hybridized carbons (Fsp3) is 0.667. The van der Waals surface area contributed by atoms with E-state index in [4.69, 9.17) is 0 Å². The van der Waals surface area contributed by atoms with Crippen LogP contribution in [0.1, 0.15) is 121 Å². The van der Waals surface area contributed by atoms with Gasteiger partial charge in [0, 0.05) is 22.2 Å². The summed E-state index contributed by atoms with van der Waals surface area (Å²) in [6.07, 6.45) is 18.4. The van der Waals surface area contributed by atoms with E-state index in [9.17, 15) is 4.79 Å². The lowest BCUT2D eigenvalue weighted by atomic mass is 9.88. The average Bonchev–Trinajstić information content (AvgIpc) is 2.74. The molecule has 2 heteroatoms. The van der Waals surface area contributed by atoms with Crippen molar-refractivity contribution in [3.63, 3.8) is 0 Å². The van der Waals surface area contributed by atoms with E-state index in [2.05, 4.69) is 18.8 Å². The lowest BCUT2D eigenvalue weighted by Gasteiger charge is -2.20. The van der Waals surface area contributed by atoms with Gasteiger partial charge in [-0.1, -0.05) is 103 Å². The van der Waals surface area contributed by atoms with E-state index in [-0.39, 0.29) is 5.43 Å². The van der Waals surface area contributed by atoms with Crippen molar-refractivity contribution in [1.82, 2.24) is 4.98 Å². The maximum atomic E-state index is 12.9. The molecule has 2 rings (SSSR count). The molecule has 0 spiro atoms. The Morgan fingerprint density at radius 3 is 1.86 bits per heavy atom. The van der Waals surface area contributed by atoms with Gasteiger partial charge in [0.1, 0.15) is 0 Å². The first-order valence-corrected chi connectivity index (χ1v) is 12.3. The third kappa shape index (κ3) is 7.64. The van der Waals surface area contributed by atoms with E-state index in [1.165, 1.54) is 95.6 Å². The van der Waals surface area contributed by atoms with Gasteiger partial charge in [0.15, 0.2) is 5.43 Å². The quantitative estimate of drug-likeness (QED) is 0.300. The fourth-order valence-electron chi connectivity index (χ4n) is 4.54. The Kier molecular flexibility index (Phi) is 11.1. The van der Waals surface area contributed by atoms with Crippen LogP contribution in [0.5, 0.6) is 0 Å². The molecule has 162 valence electrons. The van der Waals surface area contributed by atoms with Crippen molar-refractivity contribution in [1.29, 1.82) is 0 Å². The van der Waals surface area contributed by atoms with Crippen LogP contribution in [-0.2, 0) is 0 Å². The Bertz CT molecular complexity index is 745. The van der Waals surface area contributed by atoms with Gasteiger partial charge in [0.25, 0.3) is 0 Å². The zero-order valence-corrected chi connectivity index (χ0v) is 19.2. The Morgan fingerprint density at radius 2 is 1.28 bits per heavy atom. The van der Waals surface area contributed by atoms with Crippen LogP contribution in [0, 0.1) is 6.92 Å². The smallest absolute Gasteiger partial charge is 0.192 e. The maximum absolute atomic E-state index is 12.9. The molecule has 1 heterocycles. The number of fused-ring (bicyclic) bond motifs is 1. The van der Waals surface area contributed by atoms with Crippen molar-refractivity contribution >= 4 is 10.9 Å². The van der Waals surface area contributed by atoms with Gasteiger partial charge in [-0.15, -0.1) is 0 Å². The van der Waals surface area contributed by atoms with Crippen molar-refractivity contribution in [3.05, 3.63) is 45.7 Å². The number of nitrogens with one attached hydrogen (secondary N) is 1. The maximum Gasteiger partial charge on any atom is 0.192 e. The predicted octanol–water partition coefficient (Wildman–Crippen LogP) is 8.42. The standard InChI is InChI=1S/C27H43NO/c1-4-6-8-10-12-14-18-23(19-15-13-11-9-7-5-2)26-22(3)27(29)24-20-16-17-21-25(24)28-26/h16-17,20-21,23H,4-15,18-19H2,1-3H3,(H,28,29). The van der Waals surface area contributed by atoms with E-state index in [1.807, 2.05) is 31.2 Å². The summed E-state index contributed by atoms with van der Waals surface area (Å²) in [4.78, 5) is 16.6. The zero-order valence-electron chi connectivity index (χ0n) is 19.2. The van der Waals surface area contributed by atoms with Crippen LogP contribution in [0.2, 0.25) is 0 Å². The van der Waals surface area contributed by atoms with Crippen molar-refractivity contribution in [2.45, 2.75) is 117 Å². The highest BCUT2D eigenvalue weighted by Gasteiger charge is 2.17. The van der Waals surface area contributed by atoms with Gasteiger partial charge in [0.05, 0.1) is 0 Å². The number of rotatable bonds is 15. The van der Waals surface area contributed by atoms with Crippen molar-refractivity contribution in [2.24, 2.45) is 0 Å². The molecule has 0 amide bonds. The Labute approximate surface area is 178 Å². The summed E-state index contributed by atoms with van der Waals surface area (Å²) in [6, 6.07) is 7.97. The van der Waals surface area contributed by atoms with Crippen LogP contribution < -0.4 is 5.43 Å². The highest BCUT2D eigenvalue weighted by molar-refractivity contribution is 5.79. The summed E-state index contributed by atoms with van der Waals surface area (Å²) in [5.74, 6) is 0.490. The summed E-state index contributed by atoms with van der Waals surface area (Å²) in [6.45, 7) is 6.57. The third-order valence-corrected chi connectivity index (χ3v) is 6.41. The molecular formula is C27H43NO.